The normalized spacial score (nSPS) is 10.3. The Bertz CT molecular complexity index is 412. The molecule has 4 heteroatoms. The fourth-order valence-electron chi connectivity index (χ4n) is 1.05. The van der Waals surface area contributed by atoms with Crippen LogP contribution < -0.4 is 0 Å². The highest BCUT2D eigenvalue weighted by molar-refractivity contribution is 14.1. The fraction of sp³-hybridized carbons (Fsp3) is 0. The molecule has 0 spiro atoms. The standard InChI is InChI=1S/C9H6BrIN2/c10-8-3-2-7(6-9(8)11)13-5-1-4-12-13/h1-6H. The number of halogens is 2. The van der Waals surface area contributed by atoms with Crippen molar-refractivity contribution in [3.05, 3.63) is 44.7 Å². The van der Waals surface area contributed by atoms with Crippen molar-refractivity contribution in [3.8, 4) is 5.69 Å². The van der Waals surface area contributed by atoms with Gasteiger partial charge in [0.2, 0.25) is 0 Å². The van der Waals surface area contributed by atoms with Crippen LogP contribution in [-0.2, 0) is 0 Å². The molecule has 2 rings (SSSR count). The molecule has 66 valence electrons. The Morgan fingerprint density at radius 2 is 2.23 bits per heavy atom. The predicted octanol–water partition coefficient (Wildman–Crippen LogP) is 3.24. The van der Waals surface area contributed by atoms with Crippen LogP contribution >= 0.6 is 38.5 Å². The van der Waals surface area contributed by atoms with Gasteiger partial charge in [-0.05, 0) is 62.8 Å². The van der Waals surface area contributed by atoms with E-state index in [0.29, 0.717) is 0 Å². The topological polar surface area (TPSA) is 17.8 Å². The lowest BCUT2D eigenvalue weighted by atomic mass is 10.3. The molecule has 0 saturated heterocycles. The van der Waals surface area contributed by atoms with E-state index in [1.165, 1.54) is 3.57 Å². The Labute approximate surface area is 98.2 Å². The van der Waals surface area contributed by atoms with Crippen LogP contribution in [0.2, 0.25) is 0 Å². The summed E-state index contributed by atoms with van der Waals surface area (Å²) >= 11 is 5.74. The molecule has 1 heterocycles. The van der Waals surface area contributed by atoms with E-state index in [-0.39, 0.29) is 0 Å². The monoisotopic (exact) mass is 348 g/mol. The molecule has 13 heavy (non-hydrogen) atoms. The van der Waals surface area contributed by atoms with Crippen LogP contribution in [0.1, 0.15) is 0 Å². The molecule has 0 saturated carbocycles. The first-order chi connectivity index (χ1) is 6.27. The minimum Gasteiger partial charge on any atom is -0.241 e. The molecular weight excluding hydrogens is 343 g/mol. The first-order valence-corrected chi connectivity index (χ1v) is 5.59. The van der Waals surface area contributed by atoms with E-state index in [1.807, 2.05) is 29.1 Å². The fourth-order valence-corrected chi connectivity index (χ4v) is 1.79. The second-order valence-corrected chi connectivity index (χ2v) is 4.57. The third kappa shape index (κ3) is 1.94. The second kappa shape index (κ2) is 3.79. The van der Waals surface area contributed by atoms with Crippen LogP contribution in [0.25, 0.3) is 5.69 Å². The Kier molecular flexibility index (Phi) is 2.69. The number of nitrogens with zero attached hydrogens (tertiary/aromatic N) is 2. The largest absolute Gasteiger partial charge is 0.241 e. The molecule has 1 aromatic heterocycles. The van der Waals surface area contributed by atoms with E-state index >= 15 is 0 Å². The number of benzene rings is 1. The van der Waals surface area contributed by atoms with Crippen LogP contribution in [-0.4, -0.2) is 9.78 Å². The van der Waals surface area contributed by atoms with Gasteiger partial charge < -0.3 is 0 Å². The summed E-state index contributed by atoms with van der Waals surface area (Å²) in [4.78, 5) is 0. The molecule has 2 nitrogen and oxygen atoms in total. The van der Waals surface area contributed by atoms with E-state index < -0.39 is 0 Å². The smallest absolute Gasteiger partial charge is 0.0656 e. The van der Waals surface area contributed by atoms with E-state index in [9.17, 15) is 0 Å². The summed E-state index contributed by atoms with van der Waals surface area (Å²) < 4.78 is 4.14. The van der Waals surface area contributed by atoms with Crippen LogP contribution in [0.3, 0.4) is 0 Å². The molecule has 0 bridgehead atoms. The maximum atomic E-state index is 4.16. The summed E-state index contributed by atoms with van der Waals surface area (Å²) in [5.41, 5.74) is 1.08. The summed E-state index contributed by atoms with van der Waals surface area (Å²) in [6.45, 7) is 0. The molecule has 0 atom stereocenters. The molecule has 2 aromatic rings. The average Bonchev–Trinajstić information content (AvgIpc) is 2.62. The van der Waals surface area contributed by atoms with E-state index in [4.69, 9.17) is 0 Å². The number of hydrogen-bond donors (Lipinski definition) is 0. The Morgan fingerprint density at radius 3 is 2.85 bits per heavy atom. The van der Waals surface area contributed by atoms with Crippen molar-refractivity contribution in [2.45, 2.75) is 0 Å². The SMILES string of the molecule is Brc1ccc(-n2cccn2)cc1I. The molecule has 1 aromatic carbocycles. The molecule has 0 fully saturated rings. The summed E-state index contributed by atoms with van der Waals surface area (Å²) in [5, 5.41) is 4.16. The van der Waals surface area contributed by atoms with Crippen molar-refractivity contribution < 1.29 is 0 Å². The minimum atomic E-state index is 1.08. The molecule has 0 N–H and O–H groups in total. The highest BCUT2D eigenvalue weighted by Gasteiger charge is 1.99. The Hall–Kier alpha value is -0.360. The Morgan fingerprint density at radius 1 is 1.38 bits per heavy atom. The van der Waals surface area contributed by atoms with Gasteiger partial charge in [-0.1, -0.05) is 0 Å². The van der Waals surface area contributed by atoms with Gasteiger partial charge in [0.05, 0.1) is 5.69 Å². The molecule has 0 aliphatic carbocycles. The highest BCUT2D eigenvalue weighted by atomic mass is 127. The van der Waals surface area contributed by atoms with Gasteiger partial charge in [-0.3, -0.25) is 0 Å². The first kappa shape index (κ1) is 9.21. The first-order valence-electron chi connectivity index (χ1n) is 3.72. The third-order valence-electron chi connectivity index (χ3n) is 1.67. The quantitative estimate of drug-likeness (QED) is 0.723. The minimum absolute atomic E-state index is 1.08. The lowest BCUT2D eigenvalue weighted by Gasteiger charge is -2.02. The maximum Gasteiger partial charge on any atom is 0.0656 e. The molecule has 0 unspecified atom stereocenters. The highest BCUT2D eigenvalue weighted by Crippen LogP contribution is 2.21. The van der Waals surface area contributed by atoms with Gasteiger partial charge in [0.1, 0.15) is 0 Å². The maximum absolute atomic E-state index is 4.16. The Balaban J connectivity index is 2.49. The van der Waals surface area contributed by atoms with Gasteiger partial charge in [-0.25, -0.2) is 4.68 Å². The predicted molar refractivity (Wildman–Crippen MR) is 64.0 cm³/mol. The van der Waals surface area contributed by atoms with E-state index in [1.54, 1.807) is 6.20 Å². The van der Waals surface area contributed by atoms with Crippen molar-refractivity contribution >= 4 is 38.5 Å². The van der Waals surface area contributed by atoms with Gasteiger partial charge in [0.25, 0.3) is 0 Å². The van der Waals surface area contributed by atoms with E-state index in [2.05, 4.69) is 49.7 Å². The number of hydrogen-bond acceptors (Lipinski definition) is 1. The molecule has 0 radical (unpaired) electrons. The zero-order valence-corrected chi connectivity index (χ0v) is 10.4. The number of aromatic nitrogens is 2. The van der Waals surface area contributed by atoms with Crippen LogP contribution in [0.4, 0.5) is 0 Å². The molecule has 0 aliphatic heterocycles. The summed E-state index contributed by atoms with van der Waals surface area (Å²) in [5.74, 6) is 0. The van der Waals surface area contributed by atoms with Crippen LogP contribution in [0.15, 0.2) is 41.1 Å². The lowest BCUT2D eigenvalue weighted by Crippen LogP contribution is -1.94. The van der Waals surface area contributed by atoms with Crippen molar-refractivity contribution in [3.63, 3.8) is 0 Å². The van der Waals surface area contributed by atoms with Gasteiger partial charge in [0, 0.05) is 20.4 Å². The molecule has 0 aliphatic rings. The summed E-state index contributed by atoms with van der Waals surface area (Å²) in [6, 6.07) is 8.05. The zero-order valence-electron chi connectivity index (χ0n) is 6.61. The van der Waals surface area contributed by atoms with Crippen LogP contribution in [0, 0.1) is 3.57 Å². The second-order valence-electron chi connectivity index (χ2n) is 2.55. The van der Waals surface area contributed by atoms with Gasteiger partial charge in [-0.15, -0.1) is 0 Å². The van der Waals surface area contributed by atoms with Crippen LogP contribution in [0.5, 0.6) is 0 Å². The van der Waals surface area contributed by atoms with Crippen molar-refractivity contribution in [1.82, 2.24) is 9.78 Å². The van der Waals surface area contributed by atoms with Gasteiger partial charge in [-0.2, -0.15) is 5.10 Å². The van der Waals surface area contributed by atoms with Crippen molar-refractivity contribution in [1.29, 1.82) is 0 Å². The molecular formula is C9H6BrIN2. The summed E-state index contributed by atoms with van der Waals surface area (Å²) in [6.07, 6.45) is 3.70. The van der Waals surface area contributed by atoms with Crippen molar-refractivity contribution in [2.75, 3.05) is 0 Å². The summed E-state index contributed by atoms with van der Waals surface area (Å²) in [7, 11) is 0. The lowest BCUT2D eigenvalue weighted by molar-refractivity contribution is 0.879. The van der Waals surface area contributed by atoms with Gasteiger partial charge in [0.15, 0.2) is 0 Å². The average molecular weight is 349 g/mol. The zero-order chi connectivity index (χ0) is 9.26. The number of rotatable bonds is 1. The third-order valence-corrected chi connectivity index (χ3v) is 4.00. The molecule has 0 amide bonds. The van der Waals surface area contributed by atoms with Crippen molar-refractivity contribution in [2.24, 2.45) is 0 Å². The van der Waals surface area contributed by atoms with Gasteiger partial charge >= 0.3 is 0 Å². The van der Waals surface area contributed by atoms with E-state index in [0.717, 1.165) is 10.2 Å².